The van der Waals surface area contributed by atoms with Crippen LogP contribution in [0.3, 0.4) is 0 Å². The van der Waals surface area contributed by atoms with Crippen LogP contribution in [0.1, 0.15) is 22.6 Å². The maximum Gasteiger partial charge on any atom is 0.335 e. The second kappa shape index (κ2) is 4.63. The number of nitrogens with zero attached hydrogens (tertiary/aromatic N) is 3. The van der Waals surface area contributed by atoms with Gasteiger partial charge in [0.1, 0.15) is 11.3 Å². The molecule has 0 saturated carbocycles. The SMILES string of the molecule is Cn1c(CN2C=CCC2)nc2c(F)cc(C(=O)O)cc21. The Kier molecular flexibility index (Phi) is 2.93. The lowest BCUT2D eigenvalue weighted by molar-refractivity contribution is 0.0696. The summed E-state index contributed by atoms with van der Waals surface area (Å²) in [7, 11) is 1.77. The molecule has 3 rings (SSSR count). The molecule has 5 nitrogen and oxygen atoms in total. The first kappa shape index (κ1) is 12.7. The number of aryl methyl sites for hydroxylation is 1. The molecule has 20 heavy (non-hydrogen) atoms. The topological polar surface area (TPSA) is 58.4 Å². The molecule has 0 saturated heterocycles. The van der Waals surface area contributed by atoms with Crippen LogP contribution in [-0.4, -0.2) is 32.1 Å². The van der Waals surface area contributed by atoms with Gasteiger partial charge in [-0.1, -0.05) is 6.08 Å². The molecule has 1 N–H and O–H groups in total. The average molecular weight is 275 g/mol. The third kappa shape index (κ3) is 2.03. The molecule has 0 amide bonds. The van der Waals surface area contributed by atoms with E-state index in [1.807, 2.05) is 6.20 Å². The zero-order valence-corrected chi connectivity index (χ0v) is 11.0. The maximum absolute atomic E-state index is 13.9. The van der Waals surface area contributed by atoms with Crippen molar-refractivity contribution in [1.29, 1.82) is 0 Å². The summed E-state index contributed by atoms with van der Waals surface area (Å²) >= 11 is 0. The molecule has 0 fully saturated rings. The summed E-state index contributed by atoms with van der Waals surface area (Å²) in [6, 6.07) is 2.47. The van der Waals surface area contributed by atoms with E-state index >= 15 is 0 Å². The summed E-state index contributed by atoms with van der Waals surface area (Å²) in [5, 5.41) is 8.98. The molecule has 2 aromatic rings. The number of carboxylic acids is 1. The number of halogens is 1. The fourth-order valence-corrected chi connectivity index (χ4v) is 2.41. The quantitative estimate of drug-likeness (QED) is 0.932. The van der Waals surface area contributed by atoms with E-state index in [-0.39, 0.29) is 11.1 Å². The van der Waals surface area contributed by atoms with E-state index in [1.54, 1.807) is 11.6 Å². The number of carbonyl (C=O) groups is 1. The van der Waals surface area contributed by atoms with Crippen LogP contribution in [0.15, 0.2) is 24.4 Å². The summed E-state index contributed by atoms with van der Waals surface area (Å²) in [6.07, 6.45) is 5.08. The molecule has 0 radical (unpaired) electrons. The van der Waals surface area contributed by atoms with Crippen LogP contribution in [-0.2, 0) is 13.6 Å². The van der Waals surface area contributed by atoms with Gasteiger partial charge in [-0.3, -0.25) is 0 Å². The molecule has 0 atom stereocenters. The molecule has 0 bridgehead atoms. The lowest BCUT2D eigenvalue weighted by Gasteiger charge is -2.14. The second-order valence-corrected chi connectivity index (χ2v) is 4.86. The summed E-state index contributed by atoms with van der Waals surface area (Å²) < 4.78 is 15.7. The molecule has 1 aliphatic heterocycles. The number of fused-ring (bicyclic) bond motifs is 1. The Balaban J connectivity index is 2.06. The van der Waals surface area contributed by atoms with Gasteiger partial charge in [-0.2, -0.15) is 0 Å². The van der Waals surface area contributed by atoms with E-state index in [2.05, 4.69) is 16.0 Å². The minimum Gasteiger partial charge on any atom is -0.478 e. The minimum atomic E-state index is -1.14. The molecule has 0 unspecified atom stereocenters. The smallest absolute Gasteiger partial charge is 0.335 e. The van der Waals surface area contributed by atoms with Crippen LogP contribution < -0.4 is 0 Å². The number of aromatic nitrogens is 2. The van der Waals surface area contributed by atoms with Crippen molar-refractivity contribution in [3.63, 3.8) is 0 Å². The number of rotatable bonds is 3. The summed E-state index contributed by atoms with van der Waals surface area (Å²) in [5.74, 6) is -1.03. The van der Waals surface area contributed by atoms with Gasteiger partial charge in [0.05, 0.1) is 17.6 Å². The summed E-state index contributed by atoms with van der Waals surface area (Å²) in [4.78, 5) is 17.4. The van der Waals surface area contributed by atoms with Gasteiger partial charge in [0, 0.05) is 13.6 Å². The van der Waals surface area contributed by atoms with Crippen LogP contribution in [0.4, 0.5) is 4.39 Å². The highest BCUT2D eigenvalue weighted by Crippen LogP contribution is 2.22. The van der Waals surface area contributed by atoms with Crippen molar-refractivity contribution in [3.05, 3.63) is 41.6 Å². The van der Waals surface area contributed by atoms with Gasteiger partial charge in [-0.05, 0) is 24.8 Å². The first-order chi connectivity index (χ1) is 9.56. The molecular formula is C14H14FN3O2. The first-order valence-electron chi connectivity index (χ1n) is 6.35. The predicted octanol–water partition coefficient (Wildman–Crippen LogP) is 2.13. The van der Waals surface area contributed by atoms with Crippen molar-refractivity contribution in [2.24, 2.45) is 7.05 Å². The number of carboxylic acid groups (broad SMARTS) is 1. The van der Waals surface area contributed by atoms with E-state index in [1.165, 1.54) is 6.07 Å². The molecule has 0 spiro atoms. The lowest BCUT2D eigenvalue weighted by Crippen LogP contribution is -2.16. The largest absolute Gasteiger partial charge is 0.478 e. The van der Waals surface area contributed by atoms with Gasteiger partial charge in [0.25, 0.3) is 0 Å². The van der Waals surface area contributed by atoms with E-state index in [0.717, 1.165) is 19.0 Å². The molecular weight excluding hydrogens is 261 g/mol. The van der Waals surface area contributed by atoms with Gasteiger partial charge < -0.3 is 14.6 Å². The predicted molar refractivity (Wildman–Crippen MR) is 71.8 cm³/mol. The van der Waals surface area contributed by atoms with E-state index in [0.29, 0.717) is 17.9 Å². The van der Waals surface area contributed by atoms with Gasteiger partial charge >= 0.3 is 5.97 Å². The maximum atomic E-state index is 13.9. The Morgan fingerprint density at radius 1 is 1.50 bits per heavy atom. The van der Waals surface area contributed by atoms with Crippen LogP contribution in [0.2, 0.25) is 0 Å². The van der Waals surface area contributed by atoms with Gasteiger partial charge in [0.15, 0.2) is 5.82 Å². The van der Waals surface area contributed by atoms with E-state index in [9.17, 15) is 9.18 Å². The Labute approximate surface area is 114 Å². The van der Waals surface area contributed by atoms with Crippen molar-refractivity contribution in [2.45, 2.75) is 13.0 Å². The van der Waals surface area contributed by atoms with Gasteiger partial charge in [0.2, 0.25) is 0 Å². The van der Waals surface area contributed by atoms with Gasteiger partial charge in [-0.25, -0.2) is 14.2 Å². The monoisotopic (exact) mass is 275 g/mol. The Morgan fingerprint density at radius 2 is 2.30 bits per heavy atom. The fourth-order valence-electron chi connectivity index (χ4n) is 2.41. The fraction of sp³-hybridized carbons (Fsp3) is 0.286. The van der Waals surface area contributed by atoms with Crippen LogP contribution >= 0.6 is 0 Å². The van der Waals surface area contributed by atoms with Crippen molar-refractivity contribution in [3.8, 4) is 0 Å². The van der Waals surface area contributed by atoms with Crippen LogP contribution in [0.5, 0.6) is 0 Å². The molecule has 2 heterocycles. The highest BCUT2D eigenvalue weighted by Gasteiger charge is 2.17. The van der Waals surface area contributed by atoms with Crippen molar-refractivity contribution < 1.29 is 14.3 Å². The Bertz CT molecular complexity index is 721. The number of aromatic carboxylic acids is 1. The van der Waals surface area contributed by atoms with E-state index in [4.69, 9.17) is 5.11 Å². The van der Waals surface area contributed by atoms with Gasteiger partial charge in [-0.15, -0.1) is 0 Å². The van der Waals surface area contributed by atoms with E-state index < -0.39 is 11.8 Å². The minimum absolute atomic E-state index is 0.0642. The van der Waals surface area contributed by atoms with Crippen LogP contribution in [0.25, 0.3) is 11.0 Å². The number of benzene rings is 1. The molecule has 104 valence electrons. The lowest BCUT2D eigenvalue weighted by atomic mass is 10.2. The van der Waals surface area contributed by atoms with Crippen molar-refractivity contribution in [2.75, 3.05) is 6.54 Å². The van der Waals surface area contributed by atoms with Crippen molar-refractivity contribution >= 4 is 17.0 Å². The highest BCUT2D eigenvalue weighted by molar-refractivity contribution is 5.92. The third-order valence-corrected chi connectivity index (χ3v) is 3.52. The average Bonchev–Trinajstić information content (AvgIpc) is 3.01. The van der Waals surface area contributed by atoms with Crippen LogP contribution in [0, 0.1) is 5.82 Å². The zero-order valence-electron chi connectivity index (χ0n) is 11.0. The molecule has 6 heteroatoms. The Hall–Kier alpha value is -2.37. The second-order valence-electron chi connectivity index (χ2n) is 4.86. The molecule has 1 aromatic carbocycles. The highest BCUT2D eigenvalue weighted by atomic mass is 19.1. The summed E-state index contributed by atoms with van der Waals surface area (Å²) in [6.45, 7) is 1.51. The standard InChI is InChI=1S/C14H14FN3O2/c1-17-11-7-9(14(19)20)6-10(15)13(11)16-12(17)8-18-4-2-3-5-18/h2,4,6-7H,3,5,8H2,1H3,(H,19,20). The molecule has 0 aliphatic carbocycles. The third-order valence-electron chi connectivity index (χ3n) is 3.52. The Morgan fingerprint density at radius 3 is 2.95 bits per heavy atom. The molecule has 1 aliphatic rings. The normalized spacial score (nSPS) is 14.4. The number of hydrogen-bond acceptors (Lipinski definition) is 3. The molecule has 1 aromatic heterocycles. The number of hydrogen-bond donors (Lipinski definition) is 1. The number of imidazole rings is 1. The summed E-state index contributed by atoms with van der Waals surface area (Å²) in [5.41, 5.74) is 0.655. The van der Waals surface area contributed by atoms with Crippen molar-refractivity contribution in [1.82, 2.24) is 14.5 Å². The zero-order chi connectivity index (χ0) is 14.3. The first-order valence-corrected chi connectivity index (χ1v) is 6.35.